The van der Waals surface area contributed by atoms with E-state index in [-0.39, 0.29) is 41.0 Å². The van der Waals surface area contributed by atoms with Crippen LogP contribution in [0.5, 0.6) is 0 Å². The van der Waals surface area contributed by atoms with Crippen molar-refractivity contribution in [2.75, 3.05) is 0 Å². The molecule has 5 atom stereocenters. The lowest BCUT2D eigenvalue weighted by Crippen LogP contribution is -2.39. The highest BCUT2D eigenvalue weighted by atomic mass is 35.5. The minimum absolute atomic E-state index is 0.0184. The minimum Gasteiger partial charge on any atom is -0.446 e. The number of carbonyl (C=O) groups excluding carboxylic acids is 2. The fourth-order valence-corrected chi connectivity index (χ4v) is 5.67. The maximum Gasteiger partial charge on any atom is 0.404 e. The van der Waals surface area contributed by atoms with Crippen molar-refractivity contribution in [2.24, 2.45) is 17.6 Å². The minimum atomic E-state index is -0.810. The van der Waals surface area contributed by atoms with Crippen molar-refractivity contribution in [2.45, 2.75) is 43.7 Å². The summed E-state index contributed by atoms with van der Waals surface area (Å²) >= 11 is 5.92. The van der Waals surface area contributed by atoms with E-state index in [1.165, 1.54) is 12.1 Å². The smallest absolute Gasteiger partial charge is 0.404 e. The van der Waals surface area contributed by atoms with Gasteiger partial charge >= 0.3 is 6.09 Å². The van der Waals surface area contributed by atoms with E-state index in [0.717, 1.165) is 12.0 Å². The maximum absolute atomic E-state index is 12.8. The van der Waals surface area contributed by atoms with Gasteiger partial charge in [-0.05, 0) is 60.9 Å². The van der Waals surface area contributed by atoms with Gasteiger partial charge in [0.15, 0.2) is 0 Å². The molecular weight excluding hydrogens is 434 g/mol. The van der Waals surface area contributed by atoms with Crippen LogP contribution in [0.25, 0.3) is 0 Å². The zero-order valence-electron chi connectivity index (χ0n) is 17.5. The van der Waals surface area contributed by atoms with Gasteiger partial charge < -0.3 is 15.8 Å². The number of halogens is 1. The van der Waals surface area contributed by atoms with Crippen LogP contribution in [0.4, 0.5) is 10.5 Å². The molecule has 8 nitrogen and oxygen atoms in total. The van der Waals surface area contributed by atoms with Crippen molar-refractivity contribution in [3.05, 3.63) is 74.8 Å². The van der Waals surface area contributed by atoms with Crippen LogP contribution in [0.2, 0.25) is 5.02 Å². The third-order valence-corrected chi connectivity index (χ3v) is 7.11. The van der Waals surface area contributed by atoms with Crippen LogP contribution in [-0.4, -0.2) is 29.1 Å². The van der Waals surface area contributed by atoms with Gasteiger partial charge in [0, 0.05) is 34.2 Å². The van der Waals surface area contributed by atoms with E-state index < -0.39 is 11.0 Å². The Morgan fingerprint density at radius 3 is 2.47 bits per heavy atom. The number of hydrogen-bond donors (Lipinski definition) is 2. The molecule has 0 spiro atoms. The maximum atomic E-state index is 12.8. The topological polar surface area (TPSA) is 125 Å². The van der Waals surface area contributed by atoms with E-state index in [1.807, 2.05) is 6.92 Å². The number of nitro benzene ring substituents is 1. The Morgan fingerprint density at radius 1 is 1.25 bits per heavy atom. The van der Waals surface area contributed by atoms with Crippen LogP contribution in [0, 0.1) is 22.0 Å². The van der Waals surface area contributed by atoms with Crippen LogP contribution in [0.1, 0.15) is 42.1 Å². The fourth-order valence-electron chi connectivity index (χ4n) is 5.55. The third kappa shape index (κ3) is 3.90. The van der Waals surface area contributed by atoms with Gasteiger partial charge in [-0.3, -0.25) is 14.9 Å². The van der Waals surface area contributed by atoms with Gasteiger partial charge in [-0.1, -0.05) is 30.7 Å². The van der Waals surface area contributed by atoms with Gasteiger partial charge in [0.25, 0.3) is 11.6 Å². The van der Waals surface area contributed by atoms with Gasteiger partial charge in [-0.2, -0.15) is 0 Å². The Labute approximate surface area is 190 Å². The number of amides is 2. The second-order valence-electron chi connectivity index (χ2n) is 8.47. The summed E-state index contributed by atoms with van der Waals surface area (Å²) in [6.45, 7) is 2.02. The predicted octanol–water partition coefficient (Wildman–Crippen LogP) is 4.20. The quantitative estimate of drug-likeness (QED) is 0.476. The third-order valence-electron chi connectivity index (χ3n) is 6.86. The first kappa shape index (κ1) is 22.1. The molecule has 0 radical (unpaired) electrons. The predicted molar refractivity (Wildman–Crippen MR) is 118 cm³/mol. The molecule has 168 valence electrons. The highest BCUT2D eigenvalue weighted by molar-refractivity contribution is 6.30. The summed E-state index contributed by atoms with van der Waals surface area (Å²) in [6, 6.07) is 13.1. The van der Waals surface area contributed by atoms with Crippen molar-refractivity contribution < 1.29 is 19.2 Å². The molecule has 3 N–H and O–H groups in total. The van der Waals surface area contributed by atoms with Gasteiger partial charge in [-0.15, -0.1) is 0 Å². The first-order valence-corrected chi connectivity index (χ1v) is 10.9. The van der Waals surface area contributed by atoms with Crippen LogP contribution in [-0.2, 0) is 10.2 Å². The fraction of sp³-hybridized carbons (Fsp3) is 0.391. The molecule has 2 amide bonds. The van der Waals surface area contributed by atoms with Crippen molar-refractivity contribution in [3.63, 3.8) is 0 Å². The lowest BCUT2D eigenvalue weighted by Gasteiger charge is -2.26. The number of ether oxygens (including phenoxy) is 1. The number of nitrogens with two attached hydrogens (primary N) is 1. The number of fused-ring (bicyclic) bond motifs is 1. The van der Waals surface area contributed by atoms with Gasteiger partial charge in [-0.25, -0.2) is 4.79 Å². The molecule has 9 heteroatoms. The Bertz CT molecular complexity index is 1040. The lowest BCUT2D eigenvalue weighted by molar-refractivity contribution is -0.384. The van der Waals surface area contributed by atoms with Crippen molar-refractivity contribution in [1.82, 2.24) is 5.32 Å². The first-order chi connectivity index (χ1) is 15.3. The molecule has 2 aliphatic rings. The number of hydrogen-bond acceptors (Lipinski definition) is 5. The Kier molecular flexibility index (Phi) is 5.81. The first-order valence-electron chi connectivity index (χ1n) is 10.5. The zero-order chi connectivity index (χ0) is 23.0. The van der Waals surface area contributed by atoms with Crippen LogP contribution < -0.4 is 11.1 Å². The summed E-state index contributed by atoms with van der Waals surface area (Å²) in [5.74, 6) is 0.115. The van der Waals surface area contributed by atoms with Crippen LogP contribution in [0.15, 0.2) is 48.5 Å². The monoisotopic (exact) mass is 457 g/mol. The van der Waals surface area contributed by atoms with Crippen LogP contribution >= 0.6 is 11.6 Å². The number of nitrogens with zero attached hydrogens (tertiary/aromatic N) is 1. The summed E-state index contributed by atoms with van der Waals surface area (Å²) in [7, 11) is 0. The van der Waals surface area contributed by atoms with Gasteiger partial charge in [0.05, 0.1) is 4.92 Å². The molecule has 2 fully saturated rings. The summed E-state index contributed by atoms with van der Waals surface area (Å²) in [6.07, 6.45) is 0.799. The molecule has 0 saturated heterocycles. The van der Waals surface area contributed by atoms with Crippen molar-refractivity contribution in [3.8, 4) is 0 Å². The Balaban J connectivity index is 1.59. The molecule has 0 bridgehead atoms. The van der Waals surface area contributed by atoms with E-state index in [0.29, 0.717) is 23.4 Å². The Morgan fingerprint density at radius 2 is 1.91 bits per heavy atom. The molecule has 0 heterocycles. The summed E-state index contributed by atoms with van der Waals surface area (Å²) in [5.41, 5.74) is 6.39. The summed E-state index contributed by atoms with van der Waals surface area (Å²) in [5, 5.41) is 14.8. The average Bonchev–Trinajstić information content (AvgIpc) is 3.21. The van der Waals surface area contributed by atoms with E-state index >= 15 is 0 Å². The number of carbonyl (C=O) groups is 2. The average molecular weight is 458 g/mol. The second-order valence-corrected chi connectivity index (χ2v) is 8.91. The molecule has 0 aliphatic heterocycles. The number of benzene rings is 2. The standard InChI is InChI=1S/C23H24ClN3O5/c1-2-19(26-21(28)13-3-7-15(24)8-4-13)20-18-11-17(32-22(25)29)12-23(18,20)14-5-9-16(10-6-14)27(30)31/h3-10,17-20H,2,11-12H2,1H3,(H2,25,29)(H,26,28). The SMILES string of the molecule is CCC(NC(=O)c1ccc(Cl)cc1)C1C2CC(OC(N)=O)CC21c1ccc([N+](=O)[O-])cc1. The molecule has 2 saturated carbocycles. The summed E-state index contributed by atoms with van der Waals surface area (Å²) in [4.78, 5) is 34.8. The van der Waals surface area contributed by atoms with Crippen molar-refractivity contribution >= 4 is 29.3 Å². The number of nitro groups is 1. The second kappa shape index (κ2) is 8.43. The van der Waals surface area contributed by atoms with E-state index in [4.69, 9.17) is 22.1 Å². The molecule has 32 heavy (non-hydrogen) atoms. The number of nitrogens with one attached hydrogen (secondary N) is 1. The number of non-ortho nitro benzene ring substituents is 1. The normalized spacial score (nSPS) is 26.6. The van der Waals surface area contributed by atoms with E-state index in [2.05, 4.69) is 5.32 Å². The molecule has 2 aromatic carbocycles. The zero-order valence-corrected chi connectivity index (χ0v) is 18.2. The van der Waals surface area contributed by atoms with E-state index in [9.17, 15) is 19.7 Å². The molecule has 2 aliphatic carbocycles. The molecule has 5 unspecified atom stereocenters. The molecular formula is C23H24ClN3O5. The highest BCUT2D eigenvalue weighted by Gasteiger charge is 2.72. The molecule has 0 aromatic heterocycles. The van der Waals surface area contributed by atoms with Gasteiger partial charge in [0.2, 0.25) is 0 Å². The highest BCUT2D eigenvalue weighted by Crippen LogP contribution is 2.70. The van der Waals surface area contributed by atoms with Gasteiger partial charge in [0.1, 0.15) is 6.10 Å². The Hall–Kier alpha value is -3.13. The van der Waals surface area contributed by atoms with Crippen molar-refractivity contribution in [1.29, 1.82) is 0 Å². The van der Waals surface area contributed by atoms with E-state index in [1.54, 1.807) is 36.4 Å². The molecule has 2 aromatic rings. The number of primary amides is 1. The largest absolute Gasteiger partial charge is 0.446 e. The summed E-state index contributed by atoms with van der Waals surface area (Å²) < 4.78 is 5.27. The number of rotatable bonds is 7. The van der Waals surface area contributed by atoms with Crippen LogP contribution in [0.3, 0.4) is 0 Å². The lowest BCUT2D eigenvalue weighted by atomic mass is 9.86. The molecule has 4 rings (SSSR count).